The topological polar surface area (TPSA) is 29.5 Å². The van der Waals surface area contributed by atoms with Gasteiger partial charge in [-0.1, -0.05) is 45.4 Å². The van der Waals surface area contributed by atoms with E-state index in [1.807, 2.05) is 52.8 Å². The molecule has 0 unspecified atom stereocenters. The maximum atomic E-state index is 11.1. The second-order valence-corrected chi connectivity index (χ2v) is 3.34. The van der Waals surface area contributed by atoms with Crippen molar-refractivity contribution < 1.29 is 9.53 Å². The molecule has 1 heterocycles. The number of nitrogens with zero attached hydrogens (tertiary/aromatic N) is 1. The first-order valence-corrected chi connectivity index (χ1v) is 6.19. The van der Waals surface area contributed by atoms with E-state index >= 15 is 0 Å². The van der Waals surface area contributed by atoms with Crippen molar-refractivity contribution >= 4 is 6.09 Å². The SMILES string of the molecule is CC.CC.Cc1ccc2c(c1)CN(C)C(=O)O2. The standard InChI is InChI=1S/C10H11NO2.2C2H6/c1-7-3-4-9-8(5-7)6-11(2)10(12)13-9;2*1-2/h3-5H,6H2,1-2H3;2*1-2H3. The Morgan fingerprint density at radius 3 is 2.35 bits per heavy atom. The van der Waals surface area contributed by atoms with E-state index < -0.39 is 0 Å². The third kappa shape index (κ3) is 4.10. The predicted molar refractivity (Wildman–Crippen MR) is 71.4 cm³/mol. The number of fused-ring (bicyclic) bond motifs is 1. The third-order valence-electron chi connectivity index (χ3n) is 2.13. The molecule has 0 N–H and O–H groups in total. The number of hydrogen-bond acceptors (Lipinski definition) is 2. The maximum absolute atomic E-state index is 11.1. The van der Waals surface area contributed by atoms with Gasteiger partial charge in [-0.05, 0) is 13.0 Å². The molecule has 0 spiro atoms. The Hall–Kier alpha value is -1.51. The number of carbonyl (C=O) groups is 1. The Morgan fingerprint density at radius 1 is 1.18 bits per heavy atom. The zero-order valence-corrected chi connectivity index (χ0v) is 11.7. The number of amides is 1. The van der Waals surface area contributed by atoms with Gasteiger partial charge in [0.15, 0.2) is 0 Å². The fourth-order valence-corrected chi connectivity index (χ4v) is 1.42. The van der Waals surface area contributed by atoms with E-state index in [0.717, 1.165) is 5.56 Å². The van der Waals surface area contributed by atoms with Crippen molar-refractivity contribution in [3.8, 4) is 5.75 Å². The van der Waals surface area contributed by atoms with Crippen LogP contribution in [0.2, 0.25) is 0 Å². The van der Waals surface area contributed by atoms with Gasteiger partial charge in [-0.15, -0.1) is 0 Å². The molecule has 0 bridgehead atoms. The van der Waals surface area contributed by atoms with Gasteiger partial charge in [0.1, 0.15) is 5.75 Å². The molecule has 0 radical (unpaired) electrons. The van der Waals surface area contributed by atoms with Crippen molar-refractivity contribution in [2.24, 2.45) is 0 Å². The molecular formula is C14H23NO2. The number of rotatable bonds is 0. The number of aryl methyl sites for hydroxylation is 1. The first-order chi connectivity index (χ1) is 8.16. The summed E-state index contributed by atoms with van der Waals surface area (Å²) in [5.41, 5.74) is 2.26. The van der Waals surface area contributed by atoms with Crippen molar-refractivity contribution in [1.82, 2.24) is 4.90 Å². The number of ether oxygens (including phenoxy) is 1. The lowest BCUT2D eigenvalue weighted by atomic mass is 10.1. The lowest BCUT2D eigenvalue weighted by molar-refractivity contribution is 0.150. The minimum atomic E-state index is -0.281. The molecule has 2 rings (SSSR count). The lowest BCUT2D eigenvalue weighted by Gasteiger charge is -2.24. The fourth-order valence-electron chi connectivity index (χ4n) is 1.42. The van der Waals surface area contributed by atoms with Gasteiger partial charge >= 0.3 is 6.09 Å². The fraction of sp³-hybridized carbons (Fsp3) is 0.500. The van der Waals surface area contributed by atoms with E-state index in [-0.39, 0.29) is 6.09 Å². The van der Waals surface area contributed by atoms with Crippen molar-refractivity contribution in [2.75, 3.05) is 7.05 Å². The van der Waals surface area contributed by atoms with Crippen molar-refractivity contribution in [3.63, 3.8) is 0 Å². The Bertz CT molecular complexity index is 361. The smallest absolute Gasteiger partial charge is 0.410 e. The normalized spacial score (nSPS) is 12.4. The molecule has 3 nitrogen and oxygen atoms in total. The first kappa shape index (κ1) is 15.5. The van der Waals surface area contributed by atoms with Gasteiger partial charge in [-0.3, -0.25) is 0 Å². The minimum Gasteiger partial charge on any atom is -0.410 e. The average Bonchev–Trinajstić information content (AvgIpc) is 2.36. The van der Waals surface area contributed by atoms with E-state index in [1.165, 1.54) is 5.56 Å². The van der Waals surface area contributed by atoms with E-state index in [2.05, 4.69) is 0 Å². The lowest BCUT2D eigenvalue weighted by Crippen LogP contribution is -2.33. The Kier molecular flexibility index (Phi) is 7.03. The highest BCUT2D eigenvalue weighted by atomic mass is 16.6. The molecule has 1 aliphatic rings. The molecular weight excluding hydrogens is 214 g/mol. The molecule has 0 aliphatic carbocycles. The number of benzene rings is 1. The average molecular weight is 237 g/mol. The molecule has 1 aromatic rings. The molecule has 1 aromatic carbocycles. The van der Waals surface area contributed by atoms with Crippen LogP contribution < -0.4 is 4.74 Å². The monoisotopic (exact) mass is 237 g/mol. The predicted octanol–water partition coefficient (Wildman–Crippen LogP) is 3.99. The molecule has 3 heteroatoms. The van der Waals surface area contributed by atoms with E-state index in [1.54, 1.807) is 11.9 Å². The summed E-state index contributed by atoms with van der Waals surface area (Å²) >= 11 is 0. The highest BCUT2D eigenvalue weighted by molar-refractivity contribution is 5.73. The van der Waals surface area contributed by atoms with Crippen LogP contribution >= 0.6 is 0 Å². The summed E-state index contributed by atoms with van der Waals surface area (Å²) in [6.07, 6.45) is -0.281. The second-order valence-electron chi connectivity index (χ2n) is 3.34. The van der Waals surface area contributed by atoms with Crippen LogP contribution in [0.4, 0.5) is 4.79 Å². The van der Waals surface area contributed by atoms with E-state index in [4.69, 9.17) is 4.74 Å². The van der Waals surface area contributed by atoms with Crippen LogP contribution in [-0.2, 0) is 6.54 Å². The van der Waals surface area contributed by atoms with Crippen LogP contribution in [0.5, 0.6) is 5.75 Å². The molecule has 0 aromatic heterocycles. The summed E-state index contributed by atoms with van der Waals surface area (Å²) in [6.45, 7) is 10.7. The summed E-state index contributed by atoms with van der Waals surface area (Å²) < 4.78 is 5.09. The molecule has 1 amide bonds. The highest BCUT2D eigenvalue weighted by Crippen LogP contribution is 2.25. The molecule has 0 saturated heterocycles. The second kappa shape index (κ2) is 7.71. The van der Waals surface area contributed by atoms with Crippen molar-refractivity contribution in [3.05, 3.63) is 29.3 Å². The van der Waals surface area contributed by atoms with Crippen molar-refractivity contribution in [2.45, 2.75) is 41.2 Å². The van der Waals surface area contributed by atoms with Crippen LogP contribution in [0.25, 0.3) is 0 Å². The summed E-state index contributed by atoms with van der Waals surface area (Å²) in [5, 5.41) is 0. The summed E-state index contributed by atoms with van der Waals surface area (Å²) in [7, 11) is 1.73. The number of hydrogen-bond donors (Lipinski definition) is 0. The molecule has 0 fully saturated rings. The van der Waals surface area contributed by atoms with Crippen LogP contribution in [-0.4, -0.2) is 18.0 Å². The largest absolute Gasteiger partial charge is 0.415 e. The van der Waals surface area contributed by atoms with Gasteiger partial charge in [-0.25, -0.2) is 4.79 Å². The maximum Gasteiger partial charge on any atom is 0.415 e. The third-order valence-corrected chi connectivity index (χ3v) is 2.13. The molecule has 17 heavy (non-hydrogen) atoms. The Morgan fingerprint density at radius 2 is 1.76 bits per heavy atom. The quantitative estimate of drug-likeness (QED) is 0.682. The molecule has 1 aliphatic heterocycles. The Balaban J connectivity index is 0.000000581. The highest BCUT2D eigenvalue weighted by Gasteiger charge is 2.20. The summed E-state index contributed by atoms with van der Waals surface area (Å²) in [6, 6.07) is 5.82. The van der Waals surface area contributed by atoms with Crippen LogP contribution in [0.15, 0.2) is 18.2 Å². The summed E-state index contributed by atoms with van der Waals surface area (Å²) in [5.74, 6) is 0.689. The first-order valence-electron chi connectivity index (χ1n) is 6.19. The van der Waals surface area contributed by atoms with Crippen molar-refractivity contribution in [1.29, 1.82) is 0 Å². The number of carbonyl (C=O) groups excluding carboxylic acids is 1. The molecule has 0 saturated carbocycles. The molecule has 0 atom stereocenters. The van der Waals surface area contributed by atoms with E-state index in [0.29, 0.717) is 12.3 Å². The van der Waals surface area contributed by atoms with Gasteiger partial charge in [0.2, 0.25) is 0 Å². The zero-order chi connectivity index (χ0) is 13.4. The van der Waals surface area contributed by atoms with Crippen LogP contribution in [0.3, 0.4) is 0 Å². The van der Waals surface area contributed by atoms with Gasteiger partial charge in [-0.2, -0.15) is 0 Å². The van der Waals surface area contributed by atoms with Gasteiger partial charge in [0, 0.05) is 12.6 Å². The Labute approximate surface area is 104 Å². The molecule has 96 valence electrons. The van der Waals surface area contributed by atoms with Crippen LogP contribution in [0, 0.1) is 6.92 Å². The van der Waals surface area contributed by atoms with Gasteiger partial charge in [0.05, 0.1) is 6.54 Å². The zero-order valence-electron chi connectivity index (χ0n) is 11.7. The van der Waals surface area contributed by atoms with Gasteiger partial charge in [0.25, 0.3) is 0 Å². The summed E-state index contributed by atoms with van der Waals surface area (Å²) in [4.78, 5) is 12.7. The minimum absolute atomic E-state index is 0.281. The van der Waals surface area contributed by atoms with Gasteiger partial charge < -0.3 is 9.64 Å². The van der Waals surface area contributed by atoms with Crippen LogP contribution in [0.1, 0.15) is 38.8 Å². The van der Waals surface area contributed by atoms with E-state index in [9.17, 15) is 4.79 Å².